The van der Waals surface area contributed by atoms with Gasteiger partial charge in [0.25, 0.3) is 0 Å². The van der Waals surface area contributed by atoms with Crippen molar-refractivity contribution < 1.29 is 0 Å². The Hall–Kier alpha value is -1.69. The number of likely N-dealkylation sites (N-methyl/N-ethyl adjacent to an activating group) is 1. The van der Waals surface area contributed by atoms with Crippen LogP contribution >= 0.6 is 0 Å². The Morgan fingerprint density at radius 2 is 2.16 bits per heavy atom. The topological polar surface area (TPSA) is 60.6 Å². The van der Waals surface area contributed by atoms with Gasteiger partial charge in [-0.25, -0.2) is 4.98 Å². The van der Waals surface area contributed by atoms with E-state index in [1.165, 1.54) is 5.69 Å². The highest BCUT2D eigenvalue weighted by Crippen LogP contribution is 2.18. The summed E-state index contributed by atoms with van der Waals surface area (Å²) in [5.41, 5.74) is 2.31. The molecule has 1 unspecified atom stereocenters. The van der Waals surface area contributed by atoms with E-state index in [0.29, 0.717) is 0 Å². The van der Waals surface area contributed by atoms with E-state index in [1.54, 1.807) is 6.33 Å². The molecule has 0 aliphatic heterocycles. The van der Waals surface area contributed by atoms with Crippen LogP contribution in [0, 0.1) is 0 Å². The number of nitrogens with one attached hydrogen (secondary N) is 1. The minimum Gasteiger partial charge on any atom is -0.311 e. The van der Waals surface area contributed by atoms with Crippen LogP contribution in [0.5, 0.6) is 0 Å². The van der Waals surface area contributed by atoms with Crippen LogP contribution in [0.15, 0.2) is 12.4 Å². The molecular weight excluding hydrogens is 240 g/mol. The van der Waals surface area contributed by atoms with Crippen LogP contribution < -0.4 is 5.32 Å². The first-order valence-electron chi connectivity index (χ1n) is 6.76. The molecule has 6 heteroatoms. The summed E-state index contributed by atoms with van der Waals surface area (Å²) in [4.78, 5) is 4.34. The average Bonchev–Trinajstić information content (AvgIpc) is 3.01. The predicted molar refractivity (Wildman–Crippen MR) is 73.8 cm³/mol. The maximum atomic E-state index is 4.50. The molecule has 1 atom stereocenters. The standard InChI is InChI=1S/C13H22N6/c1-5-10-7-12(18(4)17-10)11(14-3)8-13-15-9-16-19(13)6-2/h7,9,11,14H,5-6,8H2,1-4H3. The summed E-state index contributed by atoms with van der Waals surface area (Å²) >= 11 is 0. The molecule has 0 spiro atoms. The highest BCUT2D eigenvalue weighted by molar-refractivity contribution is 5.15. The highest BCUT2D eigenvalue weighted by atomic mass is 15.3. The maximum Gasteiger partial charge on any atom is 0.138 e. The highest BCUT2D eigenvalue weighted by Gasteiger charge is 2.18. The molecular formula is C13H22N6. The van der Waals surface area contributed by atoms with Gasteiger partial charge in [-0.05, 0) is 26.5 Å². The van der Waals surface area contributed by atoms with Gasteiger partial charge in [0.15, 0.2) is 0 Å². The van der Waals surface area contributed by atoms with Gasteiger partial charge in [0.1, 0.15) is 12.2 Å². The van der Waals surface area contributed by atoms with E-state index < -0.39 is 0 Å². The molecule has 0 aromatic carbocycles. The van der Waals surface area contributed by atoms with E-state index in [2.05, 4.69) is 40.4 Å². The zero-order valence-corrected chi connectivity index (χ0v) is 12.1. The third-order valence-electron chi connectivity index (χ3n) is 3.42. The van der Waals surface area contributed by atoms with Crippen molar-refractivity contribution in [3.63, 3.8) is 0 Å². The van der Waals surface area contributed by atoms with Gasteiger partial charge in [-0.1, -0.05) is 6.92 Å². The van der Waals surface area contributed by atoms with Crippen molar-refractivity contribution in [3.05, 3.63) is 29.6 Å². The maximum absolute atomic E-state index is 4.50. The summed E-state index contributed by atoms with van der Waals surface area (Å²) in [6.07, 6.45) is 3.38. The second-order valence-corrected chi connectivity index (χ2v) is 4.58. The molecule has 2 aromatic rings. The SMILES string of the molecule is CCc1cc(C(Cc2ncnn2CC)NC)n(C)n1. The van der Waals surface area contributed by atoms with E-state index in [0.717, 1.165) is 30.9 Å². The second kappa shape index (κ2) is 5.97. The van der Waals surface area contributed by atoms with Crippen LogP contribution in [0.3, 0.4) is 0 Å². The van der Waals surface area contributed by atoms with Crippen molar-refractivity contribution in [1.82, 2.24) is 29.9 Å². The van der Waals surface area contributed by atoms with Gasteiger partial charge >= 0.3 is 0 Å². The lowest BCUT2D eigenvalue weighted by Crippen LogP contribution is -2.23. The zero-order chi connectivity index (χ0) is 13.8. The van der Waals surface area contributed by atoms with Gasteiger partial charge in [-0.3, -0.25) is 9.36 Å². The van der Waals surface area contributed by atoms with Crippen molar-refractivity contribution in [2.45, 2.75) is 39.3 Å². The van der Waals surface area contributed by atoms with Crippen LogP contribution in [0.1, 0.15) is 37.1 Å². The van der Waals surface area contributed by atoms with Gasteiger partial charge in [0.05, 0.1) is 17.4 Å². The number of hydrogen-bond donors (Lipinski definition) is 1. The van der Waals surface area contributed by atoms with Crippen LogP contribution in [0.4, 0.5) is 0 Å². The Balaban J connectivity index is 2.22. The molecule has 1 N–H and O–H groups in total. The minimum atomic E-state index is 0.201. The lowest BCUT2D eigenvalue weighted by Gasteiger charge is -2.16. The molecule has 0 bridgehead atoms. The monoisotopic (exact) mass is 262 g/mol. The predicted octanol–water partition coefficient (Wildman–Crippen LogP) is 1.10. The Labute approximate surface area is 113 Å². The summed E-state index contributed by atoms with van der Waals surface area (Å²) in [5, 5.41) is 12.1. The van der Waals surface area contributed by atoms with E-state index in [1.807, 2.05) is 23.5 Å². The van der Waals surface area contributed by atoms with Crippen LogP contribution in [-0.2, 0) is 26.4 Å². The normalized spacial score (nSPS) is 12.8. The third kappa shape index (κ3) is 2.84. The molecule has 0 aliphatic rings. The van der Waals surface area contributed by atoms with E-state index in [-0.39, 0.29) is 6.04 Å². The second-order valence-electron chi connectivity index (χ2n) is 4.58. The molecule has 104 valence electrons. The fourth-order valence-electron chi connectivity index (χ4n) is 2.29. The minimum absolute atomic E-state index is 0.201. The largest absolute Gasteiger partial charge is 0.311 e. The fraction of sp³-hybridized carbons (Fsp3) is 0.615. The molecule has 0 amide bonds. The summed E-state index contributed by atoms with van der Waals surface area (Å²) in [7, 11) is 3.96. The Bertz CT molecular complexity index is 527. The Kier molecular flexibility index (Phi) is 4.31. The quantitative estimate of drug-likeness (QED) is 0.847. The van der Waals surface area contributed by atoms with Crippen molar-refractivity contribution >= 4 is 0 Å². The number of hydrogen-bond acceptors (Lipinski definition) is 4. The molecule has 0 aliphatic carbocycles. The lowest BCUT2D eigenvalue weighted by molar-refractivity contribution is 0.502. The number of aryl methyl sites for hydroxylation is 3. The van der Waals surface area contributed by atoms with Crippen molar-refractivity contribution in [2.24, 2.45) is 7.05 Å². The first-order chi connectivity index (χ1) is 9.19. The molecule has 0 saturated carbocycles. The molecule has 2 rings (SSSR count). The van der Waals surface area contributed by atoms with Gasteiger partial charge < -0.3 is 5.32 Å². The smallest absolute Gasteiger partial charge is 0.138 e. The third-order valence-corrected chi connectivity index (χ3v) is 3.42. The van der Waals surface area contributed by atoms with Gasteiger partial charge in [0.2, 0.25) is 0 Å². The number of aromatic nitrogens is 5. The summed E-state index contributed by atoms with van der Waals surface area (Å²) in [6, 6.07) is 2.36. The summed E-state index contributed by atoms with van der Waals surface area (Å²) in [5.74, 6) is 1.00. The van der Waals surface area contributed by atoms with E-state index >= 15 is 0 Å². The summed E-state index contributed by atoms with van der Waals surface area (Å²) < 4.78 is 3.88. The van der Waals surface area contributed by atoms with Crippen LogP contribution in [0.2, 0.25) is 0 Å². The van der Waals surface area contributed by atoms with Gasteiger partial charge in [-0.2, -0.15) is 10.2 Å². The molecule has 2 heterocycles. The van der Waals surface area contributed by atoms with Crippen molar-refractivity contribution in [1.29, 1.82) is 0 Å². The fourth-order valence-corrected chi connectivity index (χ4v) is 2.29. The van der Waals surface area contributed by atoms with Crippen LogP contribution in [-0.4, -0.2) is 31.6 Å². The Morgan fingerprint density at radius 3 is 2.74 bits per heavy atom. The van der Waals surface area contributed by atoms with Crippen LogP contribution in [0.25, 0.3) is 0 Å². The average molecular weight is 262 g/mol. The number of rotatable bonds is 6. The lowest BCUT2D eigenvalue weighted by atomic mass is 10.1. The molecule has 0 saturated heterocycles. The van der Waals surface area contributed by atoms with E-state index in [9.17, 15) is 0 Å². The molecule has 2 aromatic heterocycles. The first kappa shape index (κ1) is 13.7. The Morgan fingerprint density at radius 1 is 1.37 bits per heavy atom. The first-order valence-corrected chi connectivity index (χ1v) is 6.76. The van der Waals surface area contributed by atoms with E-state index in [4.69, 9.17) is 0 Å². The molecule has 6 nitrogen and oxygen atoms in total. The zero-order valence-electron chi connectivity index (χ0n) is 12.1. The molecule has 0 fully saturated rings. The number of nitrogens with zero attached hydrogens (tertiary/aromatic N) is 5. The van der Waals surface area contributed by atoms with Crippen molar-refractivity contribution in [2.75, 3.05) is 7.05 Å². The molecule has 0 radical (unpaired) electrons. The van der Waals surface area contributed by atoms with Gasteiger partial charge in [-0.15, -0.1) is 0 Å². The van der Waals surface area contributed by atoms with Crippen molar-refractivity contribution in [3.8, 4) is 0 Å². The summed E-state index contributed by atoms with van der Waals surface area (Å²) in [6.45, 7) is 5.04. The van der Waals surface area contributed by atoms with Gasteiger partial charge in [0, 0.05) is 20.0 Å². The molecule has 19 heavy (non-hydrogen) atoms.